The summed E-state index contributed by atoms with van der Waals surface area (Å²) in [6.45, 7) is 0.0912. The smallest absolute Gasteiger partial charge is 0.412 e. The Labute approximate surface area is 208 Å². The lowest BCUT2D eigenvalue weighted by atomic mass is 10.1. The molecule has 0 saturated heterocycles. The highest BCUT2D eigenvalue weighted by Gasteiger charge is 2.23. The summed E-state index contributed by atoms with van der Waals surface area (Å²) >= 11 is 6.15. The van der Waals surface area contributed by atoms with Crippen LogP contribution >= 0.6 is 11.6 Å². The topological polar surface area (TPSA) is 110 Å². The zero-order valence-electron chi connectivity index (χ0n) is 19.5. The van der Waals surface area contributed by atoms with E-state index in [0.29, 0.717) is 10.8 Å². The van der Waals surface area contributed by atoms with Crippen LogP contribution < -0.4 is 10.6 Å². The van der Waals surface area contributed by atoms with Gasteiger partial charge >= 0.3 is 18.1 Å². The molecule has 9 nitrogen and oxygen atoms in total. The zero-order valence-corrected chi connectivity index (χ0v) is 20.2. The third kappa shape index (κ3) is 7.58. The van der Waals surface area contributed by atoms with Gasteiger partial charge in [-0.1, -0.05) is 54.1 Å². The van der Waals surface area contributed by atoms with Gasteiger partial charge in [0.15, 0.2) is 0 Å². The van der Waals surface area contributed by atoms with Crippen molar-refractivity contribution in [2.75, 3.05) is 26.1 Å². The number of methoxy groups -OCH3 is 1. The average Bonchev–Trinajstić information content (AvgIpc) is 2.87. The number of nitrogens with one attached hydrogen (secondary N) is 2. The number of hydrogen-bond donors (Lipinski definition) is 2. The number of ether oxygens (including phenoxy) is 2. The molecule has 0 radical (unpaired) electrons. The van der Waals surface area contributed by atoms with Gasteiger partial charge in [-0.05, 0) is 29.5 Å². The van der Waals surface area contributed by atoms with E-state index in [9.17, 15) is 14.4 Å². The number of amides is 3. The number of hydrogen-bond acceptors (Lipinski definition) is 6. The number of pyridine rings is 1. The predicted octanol–water partition coefficient (Wildman–Crippen LogP) is 4.60. The SMILES string of the molecule is COC(=O)CC[C@@H](COC(=O)Nc1cc2ccccc2cn1)N(C)C(=O)NCc1ccccc1Cl. The third-order valence-electron chi connectivity index (χ3n) is 5.43. The Hall–Kier alpha value is -3.85. The van der Waals surface area contributed by atoms with Crippen molar-refractivity contribution >= 4 is 46.3 Å². The molecule has 35 heavy (non-hydrogen) atoms. The van der Waals surface area contributed by atoms with Crippen molar-refractivity contribution in [2.45, 2.75) is 25.4 Å². The second-order valence-electron chi connectivity index (χ2n) is 7.77. The molecule has 0 bridgehead atoms. The van der Waals surface area contributed by atoms with Crippen LogP contribution in [0.3, 0.4) is 0 Å². The summed E-state index contributed by atoms with van der Waals surface area (Å²) in [4.78, 5) is 42.4. The summed E-state index contributed by atoms with van der Waals surface area (Å²) in [6, 6.07) is 15.6. The molecule has 0 aliphatic carbocycles. The first-order valence-corrected chi connectivity index (χ1v) is 11.3. The number of aromatic nitrogens is 1. The Morgan fingerprint density at radius 3 is 2.54 bits per heavy atom. The highest BCUT2D eigenvalue weighted by atomic mass is 35.5. The van der Waals surface area contributed by atoms with Gasteiger partial charge in [0.2, 0.25) is 0 Å². The standard InChI is InChI=1S/C25H27ClN4O5/c1-30(24(32)28-15-19-9-5-6-10-21(19)26)20(11-12-23(31)34-2)16-35-25(33)29-22-13-17-7-3-4-8-18(17)14-27-22/h3-10,13-14,20H,11-12,15-16H2,1-2H3,(H,28,32)(H,27,29,33)/t20-/m0/s1. The fourth-order valence-electron chi connectivity index (χ4n) is 3.34. The van der Waals surface area contributed by atoms with E-state index < -0.39 is 24.1 Å². The number of esters is 1. The molecular formula is C25H27ClN4O5. The number of anilines is 1. The molecule has 3 rings (SSSR count). The van der Waals surface area contributed by atoms with Crippen LogP contribution in [-0.4, -0.2) is 54.8 Å². The summed E-state index contributed by atoms with van der Waals surface area (Å²) < 4.78 is 10.1. The maximum absolute atomic E-state index is 12.7. The molecule has 1 heterocycles. The van der Waals surface area contributed by atoms with E-state index in [-0.39, 0.29) is 26.0 Å². The maximum atomic E-state index is 12.7. The average molecular weight is 499 g/mol. The first-order chi connectivity index (χ1) is 16.9. The predicted molar refractivity (Wildman–Crippen MR) is 133 cm³/mol. The lowest BCUT2D eigenvalue weighted by Crippen LogP contribution is -2.46. The number of carbonyl (C=O) groups excluding carboxylic acids is 3. The van der Waals surface area contributed by atoms with E-state index in [1.165, 1.54) is 12.0 Å². The van der Waals surface area contributed by atoms with Crippen molar-refractivity contribution in [3.05, 3.63) is 71.4 Å². The van der Waals surface area contributed by atoms with Crippen LogP contribution in [0.25, 0.3) is 10.8 Å². The molecular weight excluding hydrogens is 472 g/mol. The minimum atomic E-state index is -0.722. The number of halogens is 1. The Kier molecular flexibility index (Phi) is 9.25. The largest absolute Gasteiger partial charge is 0.469 e. The quantitative estimate of drug-likeness (QED) is 0.417. The van der Waals surface area contributed by atoms with Crippen LogP contribution in [0.1, 0.15) is 18.4 Å². The molecule has 0 unspecified atom stereocenters. The number of benzene rings is 2. The molecule has 184 valence electrons. The van der Waals surface area contributed by atoms with Gasteiger partial charge in [0.05, 0.1) is 13.2 Å². The molecule has 2 aromatic carbocycles. The van der Waals surface area contributed by atoms with Crippen LogP contribution in [0.4, 0.5) is 15.4 Å². The van der Waals surface area contributed by atoms with Crippen molar-refractivity contribution in [3.63, 3.8) is 0 Å². The van der Waals surface area contributed by atoms with Gasteiger partial charge in [0.1, 0.15) is 12.4 Å². The van der Waals surface area contributed by atoms with E-state index in [0.717, 1.165) is 16.3 Å². The second kappa shape index (κ2) is 12.6. The normalized spacial score (nSPS) is 11.4. The van der Waals surface area contributed by atoms with Gasteiger partial charge in [-0.15, -0.1) is 0 Å². The number of urea groups is 1. The third-order valence-corrected chi connectivity index (χ3v) is 5.80. The van der Waals surface area contributed by atoms with Gasteiger partial charge in [-0.25, -0.2) is 14.6 Å². The monoisotopic (exact) mass is 498 g/mol. The lowest BCUT2D eigenvalue weighted by Gasteiger charge is -2.28. The molecule has 2 N–H and O–H groups in total. The van der Waals surface area contributed by atoms with E-state index >= 15 is 0 Å². The summed E-state index contributed by atoms with van der Waals surface area (Å²) in [7, 11) is 2.86. The highest BCUT2D eigenvalue weighted by Crippen LogP contribution is 2.17. The minimum absolute atomic E-state index is 0.0561. The zero-order chi connectivity index (χ0) is 25.2. The number of rotatable bonds is 9. The number of carbonyl (C=O) groups is 3. The van der Waals surface area contributed by atoms with Crippen molar-refractivity contribution in [3.8, 4) is 0 Å². The molecule has 0 saturated carbocycles. The lowest BCUT2D eigenvalue weighted by molar-refractivity contribution is -0.141. The van der Waals surface area contributed by atoms with Crippen molar-refractivity contribution in [1.29, 1.82) is 0 Å². The van der Waals surface area contributed by atoms with E-state index in [4.69, 9.17) is 21.1 Å². The molecule has 1 aromatic heterocycles. The van der Waals surface area contributed by atoms with Crippen molar-refractivity contribution in [2.24, 2.45) is 0 Å². The molecule has 3 aromatic rings. The van der Waals surface area contributed by atoms with Crippen molar-refractivity contribution < 1.29 is 23.9 Å². The molecule has 0 aliphatic rings. The fourth-order valence-corrected chi connectivity index (χ4v) is 3.55. The molecule has 3 amide bonds. The first-order valence-electron chi connectivity index (χ1n) is 11.0. The van der Waals surface area contributed by atoms with E-state index in [2.05, 4.69) is 15.6 Å². The molecule has 0 aliphatic heterocycles. The summed E-state index contributed by atoms with van der Waals surface area (Å²) in [5.41, 5.74) is 0.764. The molecule has 0 fully saturated rings. The number of fused-ring (bicyclic) bond motifs is 1. The van der Waals surface area contributed by atoms with Crippen LogP contribution in [0.2, 0.25) is 5.02 Å². The Morgan fingerprint density at radius 2 is 1.80 bits per heavy atom. The Balaban J connectivity index is 1.59. The van der Waals surface area contributed by atoms with Crippen molar-refractivity contribution in [1.82, 2.24) is 15.2 Å². The van der Waals surface area contributed by atoms with Gasteiger partial charge < -0.3 is 19.7 Å². The van der Waals surface area contributed by atoms with E-state index in [1.807, 2.05) is 36.4 Å². The van der Waals surface area contributed by atoms with E-state index in [1.54, 1.807) is 31.4 Å². The van der Waals surface area contributed by atoms with Crippen LogP contribution in [0.5, 0.6) is 0 Å². The number of nitrogens with zero attached hydrogens (tertiary/aromatic N) is 2. The molecule has 10 heteroatoms. The molecule has 1 atom stereocenters. The van der Waals surface area contributed by atoms with Crippen LogP contribution in [0.15, 0.2) is 60.8 Å². The minimum Gasteiger partial charge on any atom is -0.469 e. The Bertz CT molecular complexity index is 1190. The Morgan fingerprint density at radius 1 is 1.09 bits per heavy atom. The summed E-state index contributed by atoms with van der Waals surface area (Å²) in [5.74, 6) is -0.0876. The van der Waals surface area contributed by atoms with Gasteiger partial charge in [-0.2, -0.15) is 0 Å². The van der Waals surface area contributed by atoms with Gasteiger partial charge in [0.25, 0.3) is 0 Å². The van der Waals surface area contributed by atoms with Gasteiger partial charge in [-0.3, -0.25) is 10.1 Å². The summed E-state index contributed by atoms with van der Waals surface area (Å²) in [6.07, 6.45) is 1.23. The van der Waals surface area contributed by atoms with Crippen LogP contribution in [0, 0.1) is 0 Å². The first kappa shape index (κ1) is 25.8. The van der Waals surface area contributed by atoms with Gasteiger partial charge in [0, 0.05) is 36.6 Å². The molecule has 0 spiro atoms. The maximum Gasteiger partial charge on any atom is 0.412 e. The van der Waals surface area contributed by atoms with Crippen LogP contribution in [-0.2, 0) is 20.8 Å². The summed E-state index contributed by atoms with van der Waals surface area (Å²) in [5, 5.41) is 7.78. The highest BCUT2D eigenvalue weighted by molar-refractivity contribution is 6.31. The second-order valence-corrected chi connectivity index (χ2v) is 8.18. The fraction of sp³-hybridized carbons (Fsp3) is 0.280. The number of likely N-dealkylation sites (N-methyl/N-ethyl adjacent to an activating group) is 1.